The molecule has 2 aliphatic heterocycles. The van der Waals surface area contributed by atoms with Crippen LogP contribution < -0.4 is 0 Å². The monoisotopic (exact) mass is 546 g/mol. The van der Waals surface area contributed by atoms with Crippen LogP contribution in [0.1, 0.15) is 69.5 Å². The Hall–Kier alpha value is -2.96. The summed E-state index contributed by atoms with van der Waals surface area (Å²) in [4.78, 5) is 33.4. The van der Waals surface area contributed by atoms with Gasteiger partial charge < -0.3 is 9.84 Å². The minimum Gasteiger partial charge on any atom is -0.508 e. The molecule has 0 unspecified atom stereocenters. The van der Waals surface area contributed by atoms with Gasteiger partial charge in [-0.3, -0.25) is 19.5 Å². The van der Waals surface area contributed by atoms with Crippen molar-refractivity contribution in [2.75, 3.05) is 6.61 Å². The van der Waals surface area contributed by atoms with E-state index < -0.39 is 0 Å². The molecule has 2 aliphatic carbocycles. The number of nitrogens with zero attached hydrogens (tertiary/aromatic N) is 2. The average Bonchev–Trinajstić information content (AvgIpc) is 3.47. The van der Waals surface area contributed by atoms with Gasteiger partial charge in [0.15, 0.2) is 0 Å². The lowest BCUT2D eigenvalue weighted by atomic mass is 9.70. The first-order valence-electron chi connectivity index (χ1n) is 14.2. The number of aromatic hydroxyl groups is 1. The lowest BCUT2D eigenvalue weighted by Gasteiger charge is -2.31. The van der Waals surface area contributed by atoms with Gasteiger partial charge >= 0.3 is 0 Å². The number of imide groups is 1. The maximum atomic E-state index is 13.7. The van der Waals surface area contributed by atoms with Crippen LogP contribution in [0.2, 0.25) is 5.02 Å². The number of phenolic OH excluding ortho intramolecular Hbond substituents is 1. The molecule has 0 bridgehead atoms. The lowest BCUT2D eigenvalue weighted by Crippen LogP contribution is -2.42. The summed E-state index contributed by atoms with van der Waals surface area (Å²) in [5.74, 6) is -0.340. The van der Waals surface area contributed by atoms with Gasteiger partial charge in [0, 0.05) is 18.2 Å². The molecule has 2 amide bonds. The lowest BCUT2D eigenvalue weighted by molar-refractivity contribution is -0.143. The summed E-state index contributed by atoms with van der Waals surface area (Å²) in [5, 5.41) is 10.2. The van der Waals surface area contributed by atoms with E-state index >= 15 is 0 Å². The molecular formula is C32H35ClN2O4. The maximum Gasteiger partial charge on any atom is 0.234 e. The number of carbonyl (C=O) groups excluding carboxylic acids is 2. The fourth-order valence-electron chi connectivity index (χ4n) is 7.29. The number of phenols is 1. The molecule has 4 atom stereocenters. The zero-order valence-corrected chi connectivity index (χ0v) is 23.1. The molecule has 3 heterocycles. The number of allylic oxidation sites excluding steroid dienone is 2. The van der Waals surface area contributed by atoms with Crippen LogP contribution in [0.5, 0.6) is 5.75 Å². The molecule has 6 rings (SSSR count). The van der Waals surface area contributed by atoms with E-state index in [0.29, 0.717) is 24.5 Å². The minimum absolute atomic E-state index is 0.0207. The van der Waals surface area contributed by atoms with E-state index in [1.807, 2.05) is 24.3 Å². The number of ether oxygens (including phenoxy) is 1. The average molecular weight is 547 g/mol. The summed E-state index contributed by atoms with van der Waals surface area (Å²) in [6, 6.07) is 10.9. The number of carbonyl (C=O) groups is 2. The van der Waals surface area contributed by atoms with E-state index in [9.17, 15) is 14.7 Å². The Bertz CT molecular complexity index is 1330. The molecule has 0 radical (unpaired) electrons. The van der Waals surface area contributed by atoms with Crippen LogP contribution in [0, 0.1) is 17.8 Å². The summed E-state index contributed by atoms with van der Waals surface area (Å²) >= 11 is 6.42. The summed E-state index contributed by atoms with van der Waals surface area (Å²) in [7, 11) is 0. The summed E-state index contributed by atoms with van der Waals surface area (Å²) in [6.07, 6.45) is 11.1. The van der Waals surface area contributed by atoms with Gasteiger partial charge in [0.25, 0.3) is 0 Å². The van der Waals surface area contributed by atoms with Crippen molar-refractivity contribution in [2.24, 2.45) is 17.8 Å². The van der Waals surface area contributed by atoms with Crippen molar-refractivity contribution in [1.29, 1.82) is 0 Å². The number of pyridine rings is 1. The topological polar surface area (TPSA) is 79.7 Å². The third-order valence-electron chi connectivity index (χ3n) is 9.11. The van der Waals surface area contributed by atoms with Crippen molar-refractivity contribution in [3.8, 4) is 5.75 Å². The van der Waals surface area contributed by atoms with E-state index in [-0.39, 0.29) is 47.5 Å². The van der Waals surface area contributed by atoms with E-state index in [4.69, 9.17) is 16.3 Å². The van der Waals surface area contributed by atoms with Crippen LogP contribution in [0.3, 0.4) is 0 Å². The van der Waals surface area contributed by atoms with E-state index in [1.54, 1.807) is 23.2 Å². The Kier molecular flexibility index (Phi) is 7.34. The van der Waals surface area contributed by atoms with Crippen LogP contribution in [0.15, 0.2) is 53.7 Å². The molecule has 2 saturated heterocycles. The second-order valence-electron chi connectivity index (χ2n) is 11.5. The third kappa shape index (κ3) is 4.93. The fraction of sp³-hybridized carbons (Fsp3) is 0.469. The standard InChI is InChI=1S/C32H35ClN2O4/c1-19-15-24-30(32(38)35(31(24)37)22-7-3-2-4-8-22)25-18-39-28(29(19)25)13-11-21(27-9-5-6-14-34-27)16-20-10-12-23(36)17-26(20)33/h5-6,9-10,12,14,16-17,22,24-25,28,30,36H,2-4,7-8,11,13,15,18H2,1H3/b21-16-/t24-,25+,28-,30-/m1/s1. The zero-order chi connectivity index (χ0) is 27.1. The van der Waals surface area contributed by atoms with Gasteiger partial charge in [-0.05, 0) is 92.1 Å². The first-order chi connectivity index (χ1) is 18.9. The molecule has 4 aliphatic rings. The largest absolute Gasteiger partial charge is 0.508 e. The number of halogens is 1. The zero-order valence-electron chi connectivity index (χ0n) is 22.3. The van der Waals surface area contributed by atoms with Crippen LogP contribution in [-0.4, -0.2) is 45.6 Å². The highest BCUT2D eigenvalue weighted by Crippen LogP contribution is 2.50. The molecule has 3 fully saturated rings. The first-order valence-corrected chi connectivity index (χ1v) is 14.6. The number of amides is 2. The molecule has 6 nitrogen and oxygen atoms in total. The number of fused-ring (bicyclic) bond motifs is 3. The molecule has 1 saturated carbocycles. The molecule has 0 spiro atoms. The van der Waals surface area contributed by atoms with Crippen LogP contribution in [0.4, 0.5) is 0 Å². The predicted octanol–water partition coefficient (Wildman–Crippen LogP) is 6.43. The van der Waals surface area contributed by atoms with Crippen molar-refractivity contribution in [3.05, 3.63) is 70.0 Å². The SMILES string of the molecule is CC1=C2[C@@H](CC/C(=C/c3ccc(O)cc3Cl)c3ccccn3)OC[C@@H]2[C@@H]2C(=O)N(C3CCCCC3)C(=O)[C@@H]2C1. The number of hydrogen-bond acceptors (Lipinski definition) is 5. The smallest absolute Gasteiger partial charge is 0.234 e. The predicted molar refractivity (Wildman–Crippen MR) is 151 cm³/mol. The van der Waals surface area contributed by atoms with Crippen molar-refractivity contribution >= 4 is 35.1 Å². The van der Waals surface area contributed by atoms with Gasteiger partial charge in [0.2, 0.25) is 11.8 Å². The Morgan fingerprint density at radius 2 is 1.95 bits per heavy atom. The van der Waals surface area contributed by atoms with Gasteiger partial charge in [-0.1, -0.05) is 42.5 Å². The summed E-state index contributed by atoms with van der Waals surface area (Å²) < 4.78 is 6.37. The molecule has 1 aromatic heterocycles. The van der Waals surface area contributed by atoms with E-state index in [1.165, 1.54) is 23.6 Å². The van der Waals surface area contributed by atoms with E-state index in [2.05, 4.69) is 11.9 Å². The van der Waals surface area contributed by atoms with Crippen molar-refractivity contribution in [2.45, 2.75) is 70.4 Å². The number of benzene rings is 1. The number of aromatic nitrogens is 1. The van der Waals surface area contributed by atoms with Gasteiger partial charge in [-0.25, -0.2) is 0 Å². The molecule has 1 aromatic carbocycles. The molecule has 2 aromatic rings. The second-order valence-corrected chi connectivity index (χ2v) is 11.9. The van der Waals surface area contributed by atoms with Crippen LogP contribution in [-0.2, 0) is 14.3 Å². The van der Waals surface area contributed by atoms with Gasteiger partial charge in [0.1, 0.15) is 5.75 Å². The first kappa shape index (κ1) is 26.3. The molecule has 39 heavy (non-hydrogen) atoms. The summed E-state index contributed by atoms with van der Waals surface area (Å²) in [6.45, 7) is 2.61. The van der Waals surface area contributed by atoms with Crippen molar-refractivity contribution in [3.63, 3.8) is 0 Å². The van der Waals surface area contributed by atoms with Gasteiger partial charge in [0.05, 0.1) is 35.3 Å². The summed E-state index contributed by atoms with van der Waals surface area (Å²) in [5.41, 5.74) is 5.14. The number of hydrogen-bond donors (Lipinski definition) is 1. The number of rotatable bonds is 6. The Morgan fingerprint density at radius 1 is 1.13 bits per heavy atom. The number of likely N-dealkylation sites (tertiary alicyclic amines) is 1. The van der Waals surface area contributed by atoms with Gasteiger partial charge in [-0.2, -0.15) is 0 Å². The Labute approximate surface area is 234 Å². The molecule has 7 heteroatoms. The maximum absolute atomic E-state index is 13.7. The fourth-order valence-corrected chi connectivity index (χ4v) is 7.52. The quantitative estimate of drug-likeness (QED) is 0.333. The van der Waals surface area contributed by atoms with E-state index in [0.717, 1.165) is 48.9 Å². The van der Waals surface area contributed by atoms with Crippen LogP contribution >= 0.6 is 11.6 Å². The third-order valence-corrected chi connectivity index (χ3v) is 9.44. The highest BCUT2D eigenvalue weighted by Gasteiger charge is 2.57. The minimum atomic E-state index is -0.287. The normalized spacial score (nSPS) is 27.7. The highest BCUT2D eigenvalue weighted by atomic mass is 35.5. The van der Waals surface area contributed by atoms with Crippen molar-refractivity contribution < 1.29 is 19.4 Å². The van der Waals surface area contributed by atoms with Gasteiger partial charge in [-0.15, -0.1) is 0 Å². The Morgan fingerprint density at radius 3 is 2.69 bits per heavy atom. The Balaban J connectivity index is 1.23. The molecule has 1 N–H and O–H groups in total. The molecular weight excluding hydrogens is 512 g/mol. The molecule has 204 valence electrons. The van der Waals surface area contributed by atoms with Crippen molar-refractivity contribution in [1.82, 2.24) is 9.88 Å². The van der Waals surface area contributed by atoms with Crippen LogP contribution in [0.25, 0.3) is 11.6 Å². The second kappa shape index (κ2) is 10.9. The highest BCUT2D eigenvalue weighted by molar-refractivity contribution is 6.32.